The summed E-state index contributed by atoms with van der Waals surface area (Å²) in [6, 6.07) is -0.0478. The summed E-state index contributed by atoms with van der Waals surface area (Å²) in [7, 11) is 0. The maximum atomic E-state index is 12.7. The van der Waals surface area contributed by atoms with E-state index in [1.165, 1.54) is 12.8 Å². The standard InChI is InChI=1S/C24H34Cl3NO3/c1-14(29)17-9-10-18-16-8-7-15-6-4-5-11-22(15,2)20(16)19(12-23(17,18)3)28-21(30)31-13-24(25,26)27/h4-5,15-20H,6-13H2,1-3H3,(H,28,30)/t15-,16+,17-,18+,19-,20-,22+,23-/m1/s1. The lowest BCUT2D eigenvalue weighted by molar-refractivity contribution is -0.135. The number of rotatable bonds is 3. The number of carbonyl (C=O) groups excluding carboxylic acids is 2. The SMILES string of the molecule is CC(=O)[C@H]1CC[C@H]2[C@@H]3CC[C@H]4CC=CC[C@]4(C)[C@H]3[C@H](NC(=O)OCC(Cl)(Cl)Cl)C[C@]12C. The highest BCUT2D eigenvalue weighted by molar-refractivity contribution is 6.67. The molecule has 7 heteroatoms. The van der Waals surface area contributed by atoms with Crippen LogP contribution in [-0.4, -0.2) is 28.3 Å². The number of alkyl carbamates (subject to hydrolysis) is 1. The topological polar surface area (TPSA) is 55.4 Å². The summed E-state index contributed by atoms with van der Waals surface area (Å²) in [4.78, 5) is 25.3. The molecule has 4 aliphatic rings. The van der Waals surface area contributed by atoms with E-state index in [0.29, 0.717) is 23.7 Å². The first-order valence-electron chi connectivity index (χ1n) is 11.6. The molecule has 0 aromatic heterocycles. The molecule has 1 N–H and O–H groups in total. The highest BCUT2D eigenvalue weighted by Crippen LogP contribution is 2.67. The molecular formula is C24H34Cl3NO3. The van der Waals surface area contributed by atoms with Gasteiger partial charge in [0.1, 0.15) is 12.4 Å². The largest absolute Gasteiger partial charge is 0.445 e. The van der Waals surface area contributed by atoms with Gasteiger partial charge in [0.15, 0.2) is 0 Å². The molecule has 4 nitrogen and oxygen atoms in total. The van der Waals surface area contributed by atoms with Crippen LogP contribution >= 0.6 is 34.8 Å². The van der Waals surface area contributed by atoms with Crippen molar-refractivity contribution in [2.75, 3.05) is 6.61 Å². The van der Waals surface area contributed by atoms with E-state index in [0.717, 1.165) is 32.1 Å². The Morgan fingerprint density at radius 1 is 1.10 bits per heavy atom. The first kappa shape index (κ1) is 23.7. The van der Waals surface area contributed by atoms with Crippen molar-refractivity contribution in [1.29, 1.82) is 0 Å². The Hall–Kier alpha value is -0.450. The summed E-state index contributed by atoms with van der Waals surface area (Å²) in [6.07, 6.45) is 11.5. The third-order valence-corrected chi connectivity index (χ3v) is 9.66. The fraction of sp³-hybridized carbons (Fsp3) is 0.833. The molecule has 3 saturated carbocycles. The van der Waals surface area contributed by atoms with Crippen molar-refractivity contribution in [3.63, 3.8) is 0 Å². The number of hydrogen-bond donors (Lipinski definition) is 1. The van der Waals surface area contributed by atoms with Crippen molar-refractivity contribution in [3.05, 3.63) is 12.2 Å². The van der Waals surface area contributed by atoms with Gasteiger partial charge in [0.2, 0.25) is 3.79 Å². The number of allylic oxidation sites excluding steroid dienone is 2. The van der Waals surface area contributed by atoms with Gasteiger partial charge in [-0.2, -0.15) is 0 Å². The number of Topliss-reactive ketones (excluding diaryl/α,β-unsaturated/α-hetero) is 1. The second kappa shape index (κ2) is 8.40. The first-order valence-corrected chi connectivity index (χ1v) is 12.7. The molecule has 0 heterocycles. The Bertz CT molecular complexity index is 766. The summed E-state index contributed by atoms with van der Waals surface area (Å²) in [5, 5.41) is 3.17. The van der Waals surface area contributed by atoms with Gasteiger partial charge in [-0.15, -0.1) is 0 Å². The summed E-state index contributed by atoms with van der Waals surface area (Å²) >= 11 is 17.3. The highest BCUT2D eigenvalue weighted by atomic mass is 35.6. The van der Waals surface area contributed by atoms with Crippen molar-refractivity contribution in [2.24, 2.45) is 40.4 Å². The molecule has 0 unspecified atom stereocenters. The Kier molecular flexibility index (Phi) is 6.42. The van der Waals surface area contributed by atoms with Crippen LogP contribution in [0.3, 0.4) is 0 Å². The lowest BCUT2D eigenvalue weighted by Crippen LogP contribution is -2.62. The van der Waals surface area contributed by atoms with Crippen molar-refractivity contribution in [3.8, 4) is 0 Å². The number of amides is 1. The van der Waals surface area contributed by atoms with Crippen molar-refractivity contribution in [1.82, 2.24) is 5.32 Å². The third kappa shape index (κ3) is 4.26. The molecule has 0 saturated heterocycles. The molecule has 0 aliphatic heterocycles. The fourth-order valence-electron chi connectivity index (χ4n) is 8.17. The number of hydrogen-bond acceptors (Lipinski definition) is 3. The molecule has 31 heavy (non-hydrogen) atoms. The number of ether oxygens (including phenoxy) is 1. The van der Waals surface area contributed by atoms with Gasteiger partial charge in [-0.3, -0.25) is 4.79 Å². The van der Waals surface area contributed by atoms with E-state index in [1.807, 2.05) is 0 Å². The molecule has 174 valence electrons. The average Bonchev–Trinajstić information content (AvgIpc) is 3.02. The Morgan fingerprint density at radius 2 is 1.84 bits per heavy atom. The van der Waals surface area contributed by atoms with Crippen LogP contribution in [0.4, 0.5) is 4.79 Å². The van der Waals surface area contributed by atoms with E-state index < -0.39 is 9.89 Å². The summed E-state index contributed by atoms with van der Waals surface area (Å²) < 4.78 is 3.62. The number of ketones is 1. The van der Waals surface area contributed by atoms with Gasteiger partial charge in [-0.05, 0) is 86.4 Å². The Labute approximate surface area is 200 Å². The maximum Gasteiger partial charge on any atom is 0.407 e. The lowest BCUT2D eigenvalue weighted by atomic mass is 9.44. The minimum absolute atomic E-state index is 0.0478. The predicted molar refractivity (Wildman–Crippen MR) is 124 cm³/mol. The molecule has 0 aromatic carbocycles. The van der Waals surface area contributed by atoms with E-state index >= 15 is 0 Å². The van der Waals surface area contributed by atoms with Gasteiger partial charge < -0.3 is 10.1 Å². The predicted octanol–water partition coefficient (Wildman–Crippen LogP) is 6.48. The molecule has 4 aliphatic carbocycles. The summed E-state index contributed by atoms with van der Waals surface area (Å²) in [5.41, 5.74) is 0.0499. The first-order chi connectivity index (χ1) is 14.5. The number of halogens is 3. The quantitative estimate of drug-likeness (QED) is 0.364. The zero-order chi connectivity index (χ0) is 22.6. The second-order valence-electron chi connectivity index (χ2n) is 10.9. The Morgan fingerprint density at radius 3 is 2.52 bits per heavy atom. The molecule has 0 bridgehead atoms. The number of alkyl halides is 3. The number of carbonyl (C=O) groups is 2. The number of fused-ring (bicyclic) bond motifs is 5. The normalized spacial score (nSPS) is 44.1. The summed E-state index contributed by atoms with van der Waals surface area (Å²) in [6.45, 7) is 6.14. The van der Waals surface area contributed by atoms with Crippen molar-refractivity contribution in [2.45, 2.75) is 75.6 Å². The van der Waals surface area contributed by atoms with Gasteiger partial charge in [0.05, 0.1) is 0 Å². The van der Waals surface area contributed by atoms with Crippen molar-refractivity contribution >= 4 is 46.7 Å². The van der Waals surface area contributed by atoms with E-state index in [9.17, 15) is 9.59 Å². The fourth-order valence-corrected chi connectivity index (χ4v) is 8.34. The van der Waals surface area contributed by atoms with E-state index in [4.69, 9.17) is 39.5 Å². The van der Waals surface area contributed by atoms with Crippen molar-refractivity contribution < 1.29 is 14.3 Å². The minimum atomic E-state index is -1.63. The van der Waals surface area contributed by atoms with Gasteiger partial charge in [0, 0.05) is 12.0 Å². The monoisotopic (exact) mass is 489 g/mol. The van der Waals surface area contributed by atoms with Crippen LogP contribution in [0.1, 0.15) is 65.7 Å². The van der Waals surface area contributed by atoms with Crippen LogP contribution in [0.2, 0.25) is 0 Å². The minimum Gasteiger partial charge on any atom is -0.445 e. The van der Waals surface area contributed by atoms with E-state index in [2.05, 4.69) is 31.3 Å². The molecule has 1 amide bonds. The molecule has 0 spiro atoms. The smallest absolute Gasteiger partial charge is 0.407 e. The molecular weight excluding hydrogens is 457 g/mol. The molecule has 4 rings (SSSR count). The number of nitrogens with one attached hydrogen (secondary N) is 1. The molecule has 0 aromatic rings. The van der Waals surface area contributed by atoms with E-state index in [1.54, 1.807) is 6.92 Å². The van der Waals surface area contributed by atoms with Crippen LogP contribution in [0.5, 0.6) is 0 Å². The zero-order valence-corrected chi connectivity index (χ0v) is 20.9. The van der Waals surface area contributed by atoms with E-state index in [-0.39, 0.29) is 35.2 Å². The van der Waals surface area contributed by atoms with Crippen LogP contribution in [0.25, 0.3) is 0 Å². The van der Waals surface area contributed by atoms with Crippen LogP contribution in [0, 0.1) is 40.4 Å². The molecule has 0 radical (unpaired) electrons. The molecule has 3 fully saturated rings. The zero-order valence-electron chi connectivity index (χ0n) is 18.6. The van der Waals surface area contributed by atoms with Crippen LogP contribution < -0.4 is 5.32 Å². The second-order valence-corrected chi connectivity index (χ2v) is 13.4. The van der Waals surface area contributed by atoms with Gasteiger partial charge in [-0.25, -0.2) is 4.79 Å². The van der Waals surface area contributed by atoms with Crippen LogP contribution in [0.15, 0.2) is 12.2 Å². The lowest BCUT2D eigenvalue weighted by Gasteiger charge is -2.62. The van der Waals surface area contributed by atoms with Gasteiger partial charge >= 0.3 is 6.09 Å². The Balaban J connectivity index is 1.65. The van der Waals surface area contributed by atoms with Gasteiger partial charge in [0.25, 0.3) is 0 Å². The average molecular weight is 491 g/mol. The molecule has 8 atom stereocenters. The maximum absolute atomic E-state index is 12.7. The highest BCUT2D eigenvalue weighted by Gasteiger charge is 2.63. The summed E-state index contributed by atoms with van der Waals surface area (Å²) in [5.74, 6) is 2.38. The third-order valence-electron chi connectivity index (χ3n) is 9.33. The van der Waals surface area contributed by atoms with Gasteiger partial charge in [-0.1, -0.05) is 60.8 Å². The van der Waals surface area contributed by atoms with Crippen LogP contribution in [-0.2, 0) is 9.53 Å².